The van der Waals surface area contributed by atoms with Crippen LogP contribution in [0.15, 0.2) is 30.3 Å². The van der Waals surface area contributed by atoms with E-state index in [1.807, 2.05) is 19.1 Å². The number of hydrogen-bond acceptors (Lipinski definition) is 3. The third kappa shape index (κ3) is 3.50. The summed E-state index contributed by atoms with van der Waals surface area (Å²) in [6.45, 7) is 3.64. The van der Waals surface area contributed by atoms with Crippen molar-refractivity contribution in [3.8, 4) is 5.75 Å². The molecule has 1 unspecified atom stereocenters. The highest BCUT2D eigenvalue weighted by Crippen LogP contribution is 2.28. The molecule has 5 heteroatoms. The number of aryl methyl sites for hydroxylation is 1. The van der Waals surface area contributed by atoms with Crippen LogP contribution in [0.3, 0.4) is 0 Å². The fourth-order valence-corrected chi connectivity index (χ4v) is 2.82. The van der Waals surface area contributed by atoms with E-state index in [0.717, 1.165) is 5.56 Å². The Kier molecular flexibility index (Phi) is 4.50. The summed E-state index contributed by atoms with van der Waals surface area (Å²) in [5.74, 6) is 0.416. The number of ketones is 1. The van der Waals surface area contributed by atoms with Gasteiger partial charge in [-0.1, -0.05) is 29.3 Å². The van der Waals surface area contributed by atoms with Crippen LogP contribution >= 0.6 is 34.5 Å². The van der Waals surface area contributed by atoms with Gasteiger partial charge in [-0.05, 0) is 43.7 Å². The molecule has 0 saturated carbocycles. The Morgan fingerprint density at radius 3 is 2.63 bits per heavy atom. The number of halogens is 2. The highest BCUT2D eigenvalue weighted by atomic mass is 35.5. The first-order chi connectivity index (χ1) is 8.97. The number of carbonyl (C=O) groups excluding carboxylic acids is 1. The van der Waals surface area contributed by atoms with Crippen molar-refractivity contribution in [2.75, 3.05) is 0 Å². The predicted octanol–water partition coefficient (Wildman–Crippen LogP) is 5.01. The molecule has 0 bridgehead atoms. The van der Waals surface area contributed by atoms with E-state index < -0.39 is 6.10 Å². The van der Waals surface area contributed by atoms with E-state index in [2.05, 4.69) is 0 Å². The maximum atomic E-state index is 12.1. The third-order valence-corrected chi connectivity index (χ3v) is 4.13. The summed E-state index contributed by atoms with van der Waals surface area (Å²) in [7, 11) is 0. The van der Waals surface area contributed by atoms with Crippen molar-refractivity contribution in [3.05, 3.63) is 50.1 Å². The second-order valence-electron chi connectivity index (χ2n) is 4.16. The van der Waals surface area contributed by atoms with Crippen LogP contribution in [0.25, 0.3) is 0 Å². The van der Waals surface area contributed by atoms with E-state index in [-0.39, 0.29) is 5.78 Å². The summed E-state index contributed by atoms with van der Waals surface area (Å²) in [6.07, 6.45) is -0.603. The average Bonchev–Trinajstić information content (AvgIpc) is 2.79. The van der Waals surface area contributed by atoms with Crippen LogP contribution in [0, 0.1) is 6.92 Å². The van der Waals surface area contributed by atoms with Crippen molar-refractivity contribution in [1.82, 2.24) is 0 Å². The molecule has 0 aliphatic carbocycles. The van der Waals surface area contributed by atoms with E-state index in [0.29, 0.717) is 20.0 Å². The molecule has 2 rings (SSSR count). The Morgan fingerprint density at radius 2 is 2.00 bits per heavy atom. The molecule has 0 saturated heterocycles. The smallest absolute Gasteiger partial charge is 0.212 e. The zero-order valence-corrected chi connectivity index (χ0v) is 12.8. The fraction of sp³-hybridized carbons (Fsp3) is 0.214. The lowest BCUT2D eigenvalue weighted by molar-refractivity contribution is 0.0822. The normalized spacial score (nSPS) is 12.2. The Hall–Kier alpha value is -1.03. The number of hydrogen-bond donors (Lipinski definition) is 0. The average molecular weight is 315 g/mol. The Balaban J connectivity index is 2.14. The summed E-state index contributed by atoms with van der Waals surface area (Å²) in [5, 5.41) is 0.495. The van der Waals surface area contributed by atoms with Crippen LogP contribution in [-0.2, 0) is 0 Å². The highest BCUT2D eigenvalue weighted by molar-refractivity contribution is 7.18. The van der Waals surface area contributed by atoms with Gasteiger partial charge in [0, 0.05) is 0 Å². The topological polar surface area (TPSA) is 26.3 Å². The maximum absolute atomic E-state index is 12.1. The van der Waals surface area contributed by atoms with E-state index in [4.69, 9.17) is 27.9 Å². The molecule has 1 heterocycles. The SMILES string of the molecule is Cc1ccc(Cl)c(OC(C)C(=O)c2ccc(Cl)s2)c1. The van der Waals surface area contributed by atoms with E-state index >= 15 is 0 Å². The minimum atomic E-state index is -0.603. The van der Waals surface area contributed by atoms with Crippen molar-refractivity contribution < 1.29 is 9.53 Å². The Bertz CT molecular complexity index is 607. The van der Waals surface area contributed by atoms with Gasteiger partial charge in [0.15, 0.2) is 6.10 Å². The molecule has 100 valence electrons. The van der Waals surface area contributed by atoms with Crippen LogP contribution in [0.1, 0.15) is 22.2 Å². The van der Waals surface area contributed by atoms with Crippen molar-refractivity contribution in [1.29, 1.82) is 0 Å². The quantitative estimate of drug-likeness (QED) is 0.741. The first-order valence-electron chi connectivity index (χ1n) is 5.69. The fourth-order valence-electron chi connectivity index (χ4n) is 1.59. The first-order valence-corrected chi connectivity index (χ1v) is 7.27. The Labute approximate surface area is 125 Å². The minimum absolute atomic E-state index is 0.102. The zero-order valence-electron chi connectivity index (χ0n) is 10.4. The number of thiophene rings is 1. The molecule has 0 radical (unpaired) electrons. The van der Waals surface area contributed by atoms with Crippen molar-refractivity contribution in [2.45, 2.75) is 20.0 Å². The summed E-state index contributed by atoms with van der Waals surface area (Å²) >= 11 is 13.1. The number of rotatable bonds is 4. The zero-order chi connectivity index (χ0) is 14.0. The summed E-state index contributed by atoms with van der Waals surface area (Å²) in [6, 6.07) is 8.86. The summed E-state index contributed by atoms with van der Waals surface area (Å²) in [4.78, 5) is 12.7. The molecular weight excluding hydrogens is 303 g/mol. The van der Waals surface area contributed by atoms with Gasteiger partial charge in [-0.2, -0.15) is 0 Å². The van der Waals surface area contributed by atoms with E-state index in [9.17, 15) is 4.79 Å². The molecule has 2 nitrogen and oxygen atoms in total. The summed E-state index contributed by atoms with van der Waals surface area (Å²) < 4.78 is 6.22. The monoisotopic (exact) mass is 314 g/mol. The Morgan fingerprint density at radius 1 is 1.26 bits per heavy atom. The largest absolute Gasteiger partial charge is 0.481 e. The standard InChI is InChI=1S/C14H12Cl2O2S/c1-8-3-4-10(15)11(7-8)18-9(2)14(17)12-5-6-13(16)19-12/h3-7,9H,1-2H3. The van der Waals surface area contributed by atoms with Gasteiger partial charge in [0.25, 0.3) is 0 Å². The number of carbonyl (C=O) groups is 1. The number of ether oxygens (including phenoxy) is 1. The van der Waals surface area contributed by atoms with Gasteiger partial charge in [-0.3, -0.25) is 4.79 Å². The van der Waals surface area contributed by atoms with Gasteiger partial charge >= 0.3 is 0 Å². The van der Waals surface area contributed by atoms with Gasteiger partial charge in [-0.15, -0.1) is 11.3 Å². The molecule has 0 aliphatic heterocycles. The number of benzene rings is 1. The molecule has 1 aromatic heterocycles. The van der Waals surface area contributed by atoms with Crippen LogP contribution < -0.4 is 4.74 Å². The molecule has 19 heavy (non-hydrogen) atoms. The lowest BCUT2D eigenvalue weighted by Gasteiger charge is -2.14. The maximum Gasteiger partial charge on any atom is 0.212 e. The predicted molar refractivity (Wildman–Crippen MR) is 79.9 cm³/mol. The van der Waals surface area contributed by atoms with Gasteiger partial charge < -0.3 is 4.74 Å². The second-order valence-corrected chi connectivity index (χ2v) is 6.28. The van der Waals surface area contributed by atoms with Crippen LogP contribution in [0.4, 0.5) is 0 Å². The molecule has 0 N–H and O–H groups in total. The number of Topliss-reactive ketones (excluding diaryl/α,β-unsaturated/α-hetero) is 1. The van der Waals surface area contributed by atoms with Crippen molar-refractivity contribution in [3.63, 3.8) is 0 Å². The lowest BCUT2D eigenvalue weighted by Crippen LogP contribution is -2.23. The van der Waals surface area contributed by atoms with Crippen LogP contribution in [0.2, 0.25) is 9.36 Å². The van der Waals surface area contributed by atoms with E-state index in [1.54, 1.807) is 25.1 Å². The molecule has 0 fully saturated rings. The van der Waals surface area contributed by atoms with Crippen LogP contribution in [0.5, 0.6) is 5.75 Å². The third-order valence-electron chi connectivity index (χ3n) is 2.58. The molecule has 0 amide bonds. The first kappa shape index (κ1) is 14.4. The molecular formula is C14H12Cl2O2S. The minimum Gasteiger partial charge on any atom is -0.481 e. The second kappa shape index (κ2) is 5.95. The van der Waals surface area contributed by atoms with Crippen molar-refractivity contribution in [2.24, 2.45) is 0 Å². The van der Waals surface area contributed by atoms with Gasteiger partial charge in [-0.25, -0.2) is 0 Å². The van der Waals surface area contributed by atoms with Crippen LogP contribution in [-0.4, -0.2) is 11.9 Å². The van der Waals surface area contributed by atoms with Crippen molar-refractivity contribution >= 4 is 40.3 Å². The lowest BCUT2D eigenvalue weighted by atomic mass is 10.2. The molecule has 2 aromatic rings. The highest BCUT2D eigenvalue weighted by Gasteiger charge is 2.19. The van der Waals surface area contributed by atoms with Gasteiger partial charge in [0.2, 0.25) is 5.78 Å². The molecule has 0 spiro atoms. The van der Waals surface area contributed by atoms with Gasteiger partial charge in [0.05, 0.1) is 14.2 Å². The molecule has 1 atom stereocenters. The molecule has 1 aromatic carbocycles. The molecule has 0 aliphatic rings. The van der Waals surface area contributed by atoms with Gasteiger partial charge in [0.1, 0.15) is 5.75 Å². The summed E-state index contributed by atoms with van der Waals surface area (Å²) in [5.41, 5.74) is 1.03. The van der Waals surface area contributed by atoms with E-state index in [1.165, 1.54) is 11.3 Å².